The van der Waals surface area contributed by atoms with E-state index in [2.05, 4.69) is 26.0 Å². The standard InChI is InChI=1S/C25H26ClN7O4/c1-13(34)22-17-11-15(28-25(37)27-2)7-9-18(17)32(31-22)12-21(35)33-16-8-6-14(10-16)23(33)24(36)30-20-5-3-4-19(26)29-20/h3-5,7,9,11,14,16,23H,6,8,10,12H2,1-2H3,(H2,27,28,37)(H,29,30,36)/t14-,16+,23-/m0/s1. The minimum Gasteiger partial charge on any atom is -0.341 e. The first-order valence-electron chi connectivity index (χ1n) is 12.0. The molecule has 12 heteroatoms. The van der Waals surface area contributed by atoms with E-state index in [0.717, 1.165) is 19.3 Å². The monoisotopic (exact) mass is 523 g/mol. The molecule has 2 bridgehead atoms. The molecule has 1 saturated heterocycles. The van der Waals surface area contributed by atoms with Crippen LogP contribution < -0.4 is 16.0 Å². The number of carbonyl (C=O) groups excluding carboxylic acids is 4. The molecule has 2 aromatic heterocycles. The number of amides is 4. The zero-order chi connectivity index (χ0) is 26.3. The molecule has 0 unspecified atom stereocenters. The number of nitrogens with one attached hydrogen (secondary N) is 3. The van der Waals surface area contributed by atoms with Gasteiger partial charge in [0, 0.05) is 31.1 Å². The van der Waals surface area contributed by atoms with Gasteiger partial charge in [-0.2, -0.15) is 5.10 Å². The van der Waals surface area contributed by atoms with Gasteiger partial charge >= 0.3 is 6.03 Å². The van der Waals surface area contributed by atoms with E-state index in [1.54, 1.807) is 41.3 Å². The molecule has 1 aliphatic heterocycles. The van der Waals surface area contributed by atoms with Gasteiger partial charge in [-0.1, -0.05) is 17.7 Å². The normalized spacial score (nSPS) is 20.2. The van der Waals surface area contributed by atoms with E-state index in [1.807, 2.05) is 0 Å². The molecule has 2 fully saturated rings. The molecule has 1 aliphatic carbocycles. The van der Waals surface area contributed by atoms with Crippen LogP contribution in [0.1, 0.15) is 36.7 Å². The average molecular weight is 524 g/mol. The van der Waals surface area contributed by atoms with E-state index < -0.39 is 12.1 Å². The second kappa shape index (κ2) is 9.81. The second-order valence-corrected chi connectivity index (χ2v) is 9.69. The lowest BCUT2D eigenvalue weighted by molar-refractivity contribution is -0.141. The summed E-state index contributed by atoms with van der Waals surface area (Å²) in [5.74, 6) is -0.417. The maximum Gasteiger partial charge on any atom is 0.318 e. The minimum atomic E-state index is -0.621. The van der Waals surface area contributed by atoms with Crippen LogP contribution in [-0.2, 0) is 16.1 Å². The number of fused-ring (bicyclic) bond motifs is 3. The van der Waals surface area contributed by atoms with Crippen molar-refractivity contribution < 1.29 is 19.2 Å². The molecule has 3 atom stereocenters. The number of pyridine rings is 1. The van der Waals surface area contributed by atoms with Gasteiger partial charge in [0.25, 0.3) is 0 Å². The highest BCUT2D eigenvalue weighted by Crippen LogP contribution is 2.43. The molecule has 0 spiro atoms. The van der Waals surface area contributed by atoms with E-state index in [1.165, 1.54) is 18.7 Å². The van der Waals surface area contributed by atoms with E-state index in [9.17, 15) is 19.2 Å². The third kappa shape index (κ3) is 4.74. The first-order valence-corrected chi connectivity index (χ1v) is 12.4. The Labute approximate surface area is 217 Å². The molecule has 11 nitrogen and oxygen atoms in total. The van der Waals surface area contributed by atoms with Crippen molar-refractivity contribution in [3.8, 4) is 0 Å². The van der Waals surface area contributed by atoms with Gasteiger partial charge in [0.2, 0.25) is 11.8 Å². The summed E-state index contributed by atoms with van der Waals surface area (Å²) in [6.45, 7) is 1.27. The Morgan fingerprint density at radius 3 is 2.65 bits per heavy atom. The van der Waals surface area contributed by atoms with Crippen LogP contribution >= 0.6 is 11.6 Å². The summed E-state index contributed by atoms with van der Waals surface area (Å²) in [4.78, 5) is 56.6. The van der Waals surface area contributed by atoms with Crippen LogP contribution in [0.4, 0.5) is 16.3 Å². The van der Waals surface area contributed by atoms with Crippen LogP contribution in [0.3, 0.4) is 0 Å². The fraction of sp³-hybridized carbons (Fsp3) is 0.360. The maximum atomic E-state index is 13.6. The molecule has 1 aromatic carbocycles. The van der Waals surface area contributed by atoms with Gasteiger partial charge < -0.3 is 20.9 Å². The third-order valence-electron chi connectivity index (χ3n) is 6.96. The highest BCUT2D eigenvalue weighted by atomic mass is 35.5. The number of hydrogen-bond donors (Lipinski definition) is 3. The van der Waals surface area contributed by atoms with Crippen LogP contribution in [0, 0.1) is 5.92 Å². The second-order valence-electron chi connectivity index (χ2n) is 9.31. The predicted molar refractivity (Wildman–Crippen MR) is 137 cm³/mol. The van der Waals surface area contributed by atoms with Crippen molar-refractivity contribution in [1.82, 2.24) is 25.0 Å². The number of benzene rings is 1. The fourth-order valence-electron chi connectivity index (χ4n) is 5.40. The van der Waals surface area contributed by atoms with Gasteiger partial charge in [0.15, 0.2) is 5.78 Å². The SMILES string of the molecule is CNC(=O)Nc1ccc2c(c1)c(C(C)=O)nn2CC(=O)N1[C@@H]2CC[C@@H](C2)[C@H]1C(=O)Nc1cccc(Cl)n1. The average Bonchev–Trinajstić information content (AvgIpc) is 3.57. The predicted octanol–water partition coefficient (Wildman–Crippen LogP) is 3.06. The number of aromatic nitrogens is 3. The summed E-state index contributed by atoms with van der Waals surface area (Å²) in [5, 5.41) is 13.2. The number of nitrogens with zero attached hydrogens (tertiary/aromatic N) is 4. The van der Waals surface area contributed by atoms with Crippen molar-refractivity contribution in [2.24, 2.45) is 5.92 Å². The van der Waals surface area contributed by atoms with Crippen LogP contribution in [0.25, 0.3) is 10.9 Å². The lowest BCUT2D eigenvalue weighted by Crippen LogP contribution is -2.52. The van der Waals surface area contributed by atoms with Crippen LogP contribution in [0.2, 0.25) is 5.15 Å². The Kier molecular flexibility index (Phi) is 6.55. The lowest BCUT2D eigenvalue weighted by Gasteiger charge is -2.34. The number of anilines is 2. The van der Waals surface area contributed by atoms with Crippen molar-refractivity contribution in [1.29, 1.82) is 0 Å². The van der Waals surface area contributed by atoms with Crippen molar-refractivity contribution in [3.63, 3.8) is 0 Å². The van der Waals surface area contributed by atoms with Crippen molar-refractivity contribution >= 4 is 57.6 Å². The smallest absolute Gasteiger partial charge is 0.318 e. The molecule has 2 aliphatic rings. The Morgan fingerprint density at radius 1 is 1.11 bits per heavy atom. The molecule has 4 amide bonds. The summed E-state index contributed by atoms with van der Waals surface area (Å²) in [6, 6.07) is 8.95. The number of likely N-dealkylation sites (tertiary alicyclic amines) is 1. The number of rotatable bonds is 6. The first kappa shape index (κ1) is 24.7. The fourth-order valence-corrected chi connectivity index (χ4v) is 5.57. The van der Waals surface area contributed by atoms with E-state index >= 15 is 0 Å². The Morgan fingerprint density at radius 2 is 1.92 bits per heavy atom. The summed E-state index contributed by atoms with van der Waals surface area (Å²) < 4.78 is 1.48. The largest absolute Gasteiger partial charge is 0.341 e. The zero-order valence-corrected chi connectivity index (χ0v) is 21.1. The minimum absolute atomic E-state index is 0.0296. The maximum absolute atomic E-state index is 13.6. The molecule has 37 heavy (non-hydrogen) atoms. The molecular weight excluding hydrogens is 498 g/mol. The van der Waals surface area contributed by atoms with Gasteiger partial charge in [-0.05, 0) is 55.5 Å². The summed E-state index contributed by atoms with van der Waals surface area (Å²) in [7, 11) is 1.50. The van der Waals surface area contributed by atoms with Gasteiger partial charge in [0.1, 0.15) is 29.3 Å². The van der Waals surface area contributed by atoms with Crippen LogP contribution in [0.5, 0.6) is 0 Å². The van der Waals surface area contributed by atoms with E-state index in [4.69, 9.17) is 11.6 Å². The molecule has 3 N–H and O–H groups in total. The van der Waals surface area contributed by atoms with Gasteiger partial charge in [-0.3, -0.25) is 19.1 Å². The number of urea groups is 1. The summed E-state index contributed by atoms with van der Waals surface area (Å²) >= 11 is 5.95. The number of halogens is 1. The van der Waals surface area contributed by atoms with Gasteiger partial charge in [-0.15, -0.1) is 0 Å². The summed E-state index contributed by atoms with van der Waals surface area (Å²) in [5.41, 5.74) is 1.27. The van der Waals surface area contributed by atoms with Crippen molar-refractivity contribution in [2.75, 3.05) is 17.7 Å². The molecule has 3 aromatic rings. The number of hydrogen-bond acceptors (Lipinski definition) is 6. The molecular formula is C25H26ClN7O4. The number of piperidine rings is 1. The molecule has 1 saturated carbocycles. The quantitative estimate of drug-likeness (QED) is 0.335. The Balaban J connectivity index is 1.41. The molecule has 0 radical (unpaired) electrons. The topological polar surface area (TPSA) is 138 Å². The van der Waals surface area contributed by atoms with Crippen LogP contribution in [0.15, 0.2) is 36.4 Å². The zero-order valence-electron chi connectivity index (χ0n) is 20.3. The molecule has 3 heterocycles. The highest BCUT2D eigenvalue weighted by Gasteiger charge is 2.51. The van der Waals surface area contributed by atoms with Crippen molar-refractivity contribution in [2.45, 2.75) is 44.8 Å². The van der Waals surface area contributed by atoms with E-state index in [0.29, 0.717) is 22.4 Å². The lowest BCUT2D eigenvalue weighted by atomic mass is 9.97. The number of carbonyl (C=O) groups is 4. The van der Waals surface area contributed by atoms with Gasteiger partial charge in [0.05, 0.1) is 5.52 Å². The third-order valence-corrected chi connectivity index (χ3v) is 7.17. The number of Topliss-reactive ketones (excluding diaryl/α,β-unsaturated/α-hetero) is 1. The van der Waals surface area contributed by atoms with E-state index in [-0.39, 0.29) is 46.9 Å². The number of ketones is 1. The van der Waals surface area contributed by atoms with Crippen molar-refractivity contribution in [3.05, 3.63) is 47.2 Å². The first-order chi connectivity index (χ1) is 17.7. The Bertz CT molecular complexity index is 1420. The van der Waals surface area contributed by atoms with Crippen LogP contribution in [-0.4, -0.2) is 62.4 Å². The Hall–Kier alpha value is -3.99. The summed E-state index contributed by atoms with van der Waals surface area (Å²) in [6.07, 6.45) is 2.47. The van der Waals surface area contributed by atoms with Gasteiger partial charge in [-0.25, -0.2) is 9.78 Å². The molecule has 192 valence electrons. The highest BCUT2D eigenvalue weighted by molar-refractivity contribution is 6.29. The molecule has 5 rings (SSSR count).